The lowest BCUT2D eigenvalue weighted by molar-refractivity contribution is -0.148. The molecule has 0 fully saturated rings. The first-order valence-electron chi connectivity index (χ1n) is 5.95. The predicted molar refractivity (Wildman–Crippen MR) is 65.2 cm³/mol. The summed E-state index contributed by atoms with van der Waals surface area (Å²) in [4.78, 5) is 11.4. The largest absolute Gasteiger partial charge is 0.462 e. The maximum absolute atomic E-state index is 11.4. The molecule has 1 aromatic rings. The third-order valence-electron chi connectivity index (χ3n) is 2.43. The van der Waals surface area contributed by atoms with Gasteiger partial charge in [0.1, 0.15) is 6.10 Å². The SMILES string of the molecule is CCCCC(=O)O[C@H](C)Cc1ccccc1. The minimum Gasteiger partial charge on any atom is -0.462 e. The van der Waals surface area contributed by atoms with Crippen molar-refractivity contribution in [3.05, 3.63) is 35.9 Å². The van der Waals surface area contributed by atoms with Crippen LogP contribution in [0.5, 0.6) is 0 Å². The molecule has 0 aliphatic carbocycles. The summed E-state index contributed by atoms with van der Waals surface area (Å²) in [6.07, 6.45) is 3.24. The molecule has 0 amide bonds. The highest BCUT2D eigenvalue weighted by Crippen LogP contribution is 2.07. The van der Waals surface area contributed by atoms with Gasteiger partial charge < -0.3 is 4.74 Å². The van der Waals surface area contributed by atoms with Gasteiger partial charge in [-0.2, -0.15) is 0 Å². The fourth-order valence-electron chi connectivity index (χ4n) is 1.59. The van der Waals surface area contributed by atoms with E-state index in [0.717, 1.165) is 19.3 Å². The molecular formula is C14H20O2. The van der Waals surface area contributed by atoms with Crippen LogP contribution < -0.4 is 0 Å². The van der Waals surface area contributed by atoms with Crippen LogP contribution in [0.1, 0.15) is 38.7 Å². The van der Waals surface area contributed by atoms with E-state index in [4.69, 9.17) is 4.74 Å². The Balaban J connectivity index is 2.30. The molecule has 1 atom stereocenters. The molecule has 88 valence electrons. The number of rotatable bonds is 6. The van der Waals surface area contributed by atoms with E-state index in [0.29, 0.717) is 6.42 Å². The van der Waals surface area contributed by atoms with Crippen LogP contribution in [-0.4, -0.2) is 12.1 Å². The maximum Gasteiger partial charge on any atom is 0.306 e. The lowest BCUT2D eigenvalue weighted by Gasteiger charge is -2.13. The average Bonchev–Trinajstić information content (AvgIpc) is 2.27. The molecule has 0 aromatic heterocycles. The van der Waals surface area contributed by atoms with Crippen LogP contribution in [0, 0.1) is 0 Å². The fraction of sp³-hybridized carbons (Fsp3) is 0.500. The standard InChI is InChI=1S/C14H20O2/c1-3-4-10-14(15)16-12(2)11-13-8-6-5-7-9-13/h5-9,12H,3-4,10-11H2,1-2H3/t12-/m1/s1. The Bertz CT molecular complexity index is 306. The summed E-state index contributed by atoms with van der Waals surface area (Å²) < 4.78 is 5.32. The van der Waals surface area contributed by atoms with Crippen molar-refractivity contribution >= 4 is 5.97 Å². The lowest BCUT2D eigenvalue weighted by atomic mass is 10.1. The van der Waals surface area contributed by atoms with Gasteiger partial charge in [-0.1, -0.05) is 43.7 Å². The Hall–Kier alpha value is -1.31. The molecule has 0 spiro atoms. The number of unbranched alkanes of at least 4 members (excludes halogenated alkanes) is 1. The summed E-state index contributed by atoms with van der Waals surface area (Å²) in [6, 6.07) is 10.1. The van der Waals surface area contributed by atoms with E-state index in [1.54, 1.807) is 0 Å². The summed E-state index contributed by atoms with van der Waals surface area (Å²) >= 11 is 0. The highest BCUT2D eigenvalue weighted by atomic mass is 16.5. The first-order valence-corrected chi connectivity index (χ1v) is 5.95. The van der Waals surface area contributed by atoms with E-state index in [2.05, 4.69) is 19.1 Å². The minimum atomic E-state index is -0.0784. The van der Waals surface area contributed by atoms with Crippen molar-refractivity contribution < 1.29 is 9.53 Å². The fourth-order valence-corrected chi connectivity index (χ4v) is 1.59. The van der Waals surface area contributed by atoms with Crippen molar-refractivity contribution in [1.82, 2.24) is 0 Å². The molecular weight excluding hydrogens is 200 g/mol. The van der Waals surface area contributed by atoms with Crippen LogP contribution in [0.2, 0.25) is 0 Å². The van der Waals surface area contributed by atoms with E-state index in [1.807, 2.05) is 25.1 Å². The first-order chi connectivity index (χ1) is 7.72. The summed E-state index contributed by atoms with van der Waals surface area (Å²) in [5, 5.41) is 0. The predicted octanol–water partition coefficient (Wildman–Crippen LogP) is 3.35. The average molecular weight is 220 g/mol. The molecule has 0 saturated heterocycles. The molecule has 0 radical (unpaired) electrons. The van der Waals surface area contributed by atoms with E-state index in [1.165, 1.54) is 5.56 Å². The zero-order chi connectivity index (χ0) is 11.8. The number of ether oxygens (including phenoxy) is 1. The number of carbonyl (C=O) groups is 1. The van der Waals surface area contributed by atoms with Gasteiger partial charge in [0.05, 0.1) is 0 Å². The maximum atomic E-state index is 11.4. The normalized spacial score (nSPS) is 12.1. The second-order valence-electron chi connectivity index (χ2n) is 4.09. The second-order valence-corrected chi connectivity index (χ2v) is 4.09. The van der Waals surface area contributed by atoms with Crippen molar-refractivity contribution in [1.29, 1.82) is 0 Å². The van der Waals surface area contributed by atoms with E-state index < -0.39 is 0 Å². The number of carbonyl (C=O) groups excluding carboxylic acids is 1. The van der Waals surface area contributed by atoms with E-state index in [-0.39, 0.29) is 12.1 Å². The Morgan fingerprint density at radius 1 is 1.31 bits per heavy atom. The zero-order valence-electron chi connectivity index (χ0n) is 10.1. The van der Waals surface area contributed by atoms with Crippen LogP contribution in [-0.2, 0) is 16.0 Å². The van der Waals surface area contributed by atoms with Crippen molar-refractivity contribution in [3.63, 3.8) is 0 Å². The number of hydrogen-bond donors (Lipinski definition) is 0. The topological polar surface area (TPSA) is 26.3 Å². The van der Waals surface area contributed by atoms with Crippen molar-refractivity contribution in [3.8, 4) is 0 Å². The smallest absolute Gasteiger partial charge is 0.306 e. The van der Waals surface area contributed by atoms with Crippen molar-refractivity contribution in [2.24, 2.45) is 0 Å². The van der Waals surface area contributed by atoms with E-state index >= 15 is 0 Å². The van der Waals surface area contributed by atoms with Gasteiger partial charge in [-0.05, 0) is 18.9 Å². The van der Waals surface area contributed by atoms with Crippen molar-refractivity contribution in [2.75, 3.05) is 0 Å². The van der Waals surface area contributed by atoms with Crippen molar-refractivity contribution in [2.45, 2.75) is 45.6 Å². The van der Waals surface area contributed by atoms with Gasteiger partial charge in [-0.3, -0.25) is 4.79 Å². The van der Waals surface area contributed by atoms with Gasteiger partial charge >= 0.3 is 5.97 Å². The summed E-state index contributed by atoms with van der Waals surface area (Å²) in [5.41, 5.74) is 1.21. The third-order valence-corrected chi connectivity index (χ3v) is 2.43. The van der Waals surface area contributed by atoms with Gasteiger partial charge in [0.2, 0.25) is 0 Å². The molecule has 2 nitrogen and oxygen atoms in total. The number of benzene rings is 1. The molecule has 0 aliphatic heterocycles. The summed E-state index contributed by atoms with van der Waals surface area (Å²) in [6.45, 7) is 4.01. The molecule has 0 bridgehead atoms. The molecule has 2 heteroatoms. The van der Waals surface area contributed by atoms with Gasteiger partial charge in [0, 0.05) is 12.8 Å². The highest BCUT2D eigenvalue weighted by Gasteiger charge is 2.09. The van der Waals surface area contributed by atoms with E-state index in [9.17, 15) is 4.79 Å². The van der Waals surface area contributed by atoms with Gasteiger partial charge in [0.25, 0.3) is 0 Å². The van der Waals surface area contributed by atoms with Crippen LogP contribution in [0.25, 0.3) is 0 Å². The third kappa shape index (κ3) is 4.96. The Labute approximate surface area is 97.6 Å². The minimum absolute atomic E-state index is 0.0354. The molecule has 16 heavy (non-hydrogen) atoms. The van der Waals surface area contributed by atoms with Crippen LogP contribution >= 0.6 is 0 Å². The summed E-state index contributed by atoms with van der Waals surface area (Å²) in [5.74, 6) is -0.0784. The molecule has 1 rings (SSSR count). The first kappa shape index (κ1) is 12.8. The van der Waals surface area contributed by atoms with Crippen LogP contribution in [0.4, 0.5) is 0 Å². The van der Waals surface area contributed by atoms with Gasteiger partial charge in [0.15, 0.2) is 0 Å². The Kier molecular flexibility index (Phi) is 5.62. The Morgan fingerprint density at radius 3 is 2.62 bits per heavy atom. The molecule has 0 N–H and O–H groups in total. The van der Waals surface area contributed by atoms with Gasteiger partial charge in [-0.15, -0.1) is 0 Å². The molecule has 0 aliphatic rings. The molecule has 1 aromatic carbocycles. The monoisotopic (exact) mass is 220 g/mol. The molecule has 0 saturated carbocycles. The quantitative estimate of drug-likeness (QED) is 0.687. The molecule has 0 unspecified atom stereocenters. The lowest BCUT2D eigenvalue weighted by Crippen LogP contribution is -2.17. The number of hydrogen-bond acceptors (Lipinski definition) is 2. The highest BCUT2D eigenvalue weighted by molar-refractivity contribution is 5.69. The second kappa shape index (κ2) is 7.04. The number of esters is 1. The van der Waals surface area contributed by atoms with Crippen LogP contribution in [0.3, 0.4) is 0 Å². The van der Waals surface area contributed by atoms with Crippen LogP contribution in [0.15, 0.2) is 30.3 Å². The van der Waals surface area contributed by atoms with Gasteiger partial charge in [-0.25, -0.2) is 0 Å². The Morgan fingerprint density at radius 2 is 2.00 bits per heavy atom. The zero-order valence-corrected chi connectivity index (χ0v) is 10.1. The summed E-state index contributed by atoms with van der Waals surface area (Å²) in [7, 11) is 0. The molecule has 0 heterocycles.